The van der Waals surface area contributed by atoms with Crippen LogP contribution in [0, 0.1) is 11.3 Å². The maximum absolute atomic E-state index is 12.8. The quantitative estimate of drug-likeness (QED) is 0.430. The van der Waals surface area contributed by atoms with E-state index in [9.17, 15) is 32.0 Å². The summed E-state index contributed by atoms with van der Waals surface area (Å²) < 4.78 is 70.4. The molecule has 0 aliphatic heterocycles. The van der Waals surface area contributed by atoms with Crippen molar-refractivity contribution in [3.63, 3.8) is 0 Å². The lowest BCUT2D eigenvalue weighted by atomic mass is 10.1. The van der Waals surface area contributed by atoms with Crippen molar-refractivity contribution in [2.75, 3.05) is 0 Å². The van der Waals surface area contributed by atoms with Gasteiger partial charge in [0.05, 0.1) is 28.0 Å². The number of ether oxygens (including phenoxy) is 1. The molecule has 0 spiro atoms. The van der Waals surface area contributed by atoms with Gasteiger partial charge in [0.1, 0.15) is 17.9 Å². The van der Waals surface area contributed by atoms with Crippen LogP contribution >= 0.6 is 0 Å². The van der Waals surface area contributed by atoms with E-state index in [0.717, 1.165) is 38.8 Å². The maximum atomic E-state index is 12.8. The van der Waals surface area contributed by atoms with Crippen LogP contribution in [0.3, 0.4) is 0 Å². The van der Waals surface area contributed by atoms with E-state index in [1.54, 1.807) is 6.07 Å². The molecule has 3 aromatic rings. The maximum Gasteiger partial charge on any atom is 0.408 e. The van der Waals surface area contributed by atoms with E-state index >= 15 is 0 Å². The van der Waals surface area contributed by atoms with E-state index < -0.39 is 24.7 Å². The summed E-state index contributed by atoms with van der Waals surface area (Å²) in [5.41, 5.74) is 1.55. The Morgan fingerprint density at radius 2 is 1.94 bits per heavy atom. The van der Waals surface area contributed by atoms with Crippen molar-refractivity contribution in [1.82, 2.24) is 14.9 Å². The lowest BCUT2D eigenvalue weighted by Crippen LogP contribution is -2.43. The zero-order valence-corrected chi connectivity index (χ0v) is 18.6. The molecule has 0 saturated heterocycles. The molecule has 1 amide bonds. The van der Waals surface area contributed by atoms with Crippen molar-refractivity contribution in [3.8, 4) is 23.2 Å². The number of pyridine rings is 1. The summed E-state index contributed by atoms with van der Waals surface area (Å²) in [6.07, 6.45) is 0.122. The first-order chi connectivity index (χ1) is 16.6. The number of nitrogens with zero attached hydrogens (tertiary/aromatic N) is 3. The van der Waals surface area contributed by atoms with Gasteiger partial charge in [0.2, 0.25) is 0 Å². The molecule has 1 atom stereocenters. The number of alkyl halides is 5. The Labute approximate surface area is 197 Å². The molecule has 2 aromatic heterocycles. The van der Waals surface area contributed by atoms with Crippen molar-refractivity contribution in [2.24, 2.45) is 0 Å². The molecule has 0 bridgehead atoms. The molecule has 1 aliphatic carbocycles. The van der Waals surface area contributed by atoms with Crippen LogP contribution in [0.15, 0.2) is 36.5 Å². The van der Waals surface area contributed by atoms with E-state index in [4.69, 9.17) is 0 Å². The summed E-state index contributed by atoms with van der Waals surface area (Å²) in [4.78, 5) is 16.5. The van der Waals surface area contributed by atoms with Crippen molar-refractivity contribution in [3.05, 3.63) is 47.7 Å². The lowest BCUT2D eigenvalue weighted by Gasteiger charge is -2.19. The number of hydrogen-bond acceptors (Lipinski definition) is 4. The minimum atomic E-state index is -4.58. The zero-order chi connectivity index (χ0) is 25.3. The number of halogens is 5. The van der Waals surface area contributed by atoms with E-state index in [1.165, 1.54) is 24.3 Å². The highest BCUT2D eigenvalue weighted by Gasteiger charge is 2.37. The summed E-state index contributed by atoms with van der Waals surface area (Å²) >= 11 is 0. The van der Waals surface area contributed by atoms with Crippen molar-refractivity contribution in [1.29, 1.82) is 5.26 Å². The Morgan fingerprint density at radius 3 is 2.51 bits per heavy atom. The average Bonchev–Trinajstić information content (AvgIpc) is 3.43. The summed E-state index contributed by atoms with van der Waals surface area (Å²) in [7, 11) is 0. The Morgan fingerprint density at radius 1 is 1.23 bits per heavy atom. The molecule has 184 valence electrons. The zero-order valence-electron chi connectivity index (χ0n) is 18.6. The van der Waals surface area contributed by atoms with Gasteiger partial charge in [0.25, 0.3) is 5.91 Å². The van der Waals surface area contributed by atoms with Gasteiger partial charge in [-0.05, 0) is 44.0 Å². The molecule has 1 aliphatic rings. The molecule has 35 heavy (non-hydrogen) atoms. The number of rotatable bonds is 6. The van der Waals surface area contributed by atoms with Gasteiger partial charge in [-0.15, -0.1) is 0 Å². The highest BCUT2D eigenvalue weighted by atomic mass is 19.4. The van der Waals surface area contributed by atoms with Gasteiger partial charge >= 0.3 is 12.8 Å². The Hall–Kier alpha value is -3.68. The molecule has 1 N–H and O–H groups in total. The van der Waals surface area contributed by atoms with Crippen LogP contribution in [0.1, 0.15) is 54.6 Å². The Balaban J connectivity index is 1.78. The monoisotopic (exact) mass is 492 g/mol. The van der Waals surface area contributed by atoms with E-state index in [1.807, 2.05) is 9.88 Å². The first-order valence-corrected chi connectivity index (χ1v) is 11.0. The van der Waals surface area contributed by atoms with Gasteiger partial charge in [0.15, 0.2) is 0 Å². The molecule has 6 nitrogen and oxygen atoms in total. The fourth-order valence-electron chi connectivity index (χ4n) is 4.40. The third-order valence-electron chi connectivity index (χ3n) is 6.11. The van der Waals surface area contributed by atoms with Gasteiger partial charge in [-0.1, -0.05) is 12.8 Å². The molecular weight excluding hydrogens is 471 g/mol. The van der Waals surface area contributed by atoms with E-state index in [2.05, 4.69) is 15.8 Å². The summed E-state index contributed by atoms with van der Waals surface area (Å²) in [6, 6.07) is 7.30. The van der Waals surface area contributed by atoms with Crippen LogP contribution in [0.25, 0.3) is 22.3 Å². The molecule has 1 fully saturated rings. The van der Waals surface area contributed by atoms with E-state index in [-0.39, 0.29) is 22.9 Å². The highest BCUT2D eigenvalue weighted by Crippen LogP contribution is 2.41. The molecule has 11 heteroatoms. The van der Waals surface area contributed by atoms with E-state index in [0.29, 0.717) is 22.3 Å². The van der Waals surface area contributed by atoms with Crippen LogP contribution in [0.2, 0.25) is 0 Å². The van der Waals surface area contributed by atoms with Crippen LogP contribution in [-0.4, -0.2) is 34.3 Å². The SMILES string of the molecule is CC(NC(=O)c1ccc(-c2c(C#N)c3ccc(OC(F)F)cc3n2C2CCCC2)nc1)C(F)(F)F. The number of nitriles is 1. The normalized spacial score (nSPS) is 15.4. The second-order valence-corrected chi connectivity index (χ2v) is 8.37. The standard InChI is InChI=1S/C24H21F5N4O2/c1-13(24(27,28)29)32-22(34)14-6-9-19(31-12-14)21-18(11-30)17-8-7-16(35-23(25)26)10-20(17)33(21)15-4-2-3-5-15/h6-10,12-13,15,23H,2-5H2,1H3,(H,32,34). The van der Waals surface area contributed by atoms with Crippen molar-refractivity contribution in [2.45, 2.75) is 57.5 Å². The van der Waals surface area contributed by atoms with Crippen LogP contribution < -0.4 is 10.1 Å². The molecule has 4 rings (SSSR count). The fourth-order valence-corrected chi connectivity index (χ4v) is 4.40. The van der Waals surface area contributed by atoms with Crippen molar-refractivity contribution < 1.29 is 31.5 Å². The molecule has 1 aromatic carbocycles. The number of nitrogens with one attached hydrogen (secondary N) is 1. The van der Waals surface area contributed by atoms with Crippen LogP contribution in [0.5, 0.6) is 5.75 Å². The highest BCUT2D eigenvalue weighted by molar-refractivity contribution is 5.96. The predicted molar refractivity (Wildman–Crippen MR) is 117 cm³/mol. The molecule has 2 heterocycles. The molecule has 1 saturated carbocycles. The van der Waals surface area contributed by atoms with Crippen LogP contribution in [0.4, 0.5) is 22.0 Å². The first kappa shape index (κ1) is 24.4. The number of fused-ring (bicyclic) bond motifs is 1. The summed E-state index contributed by atoms with van der Waals surface area (Å²) in [6.45, 7) is -2.16. The number of hydrogen-bond donors (Lipinski definition) is 1. The predicted octanol–water partition coefficient (Wildman–Crippen LogP) is 5.97. The number of carbonyl (C=O) groups is 1. The topological polar surface area (TPSA) is 79.9 Å². The molecule has 1 unspecified atom stereocenters. The Kier molecular flexibility index (Phi) is 6.65. The smallest absolute Gasteiger partial charge is 0.408 e. The number of amides is 1. The van der Waals surface area contributed by atoms with Gasteiger partial charge in [-0.25, -0.2) is 0 Å². The summed E-state index contributed by atoms with van der Waals surface area (Å²) in [5, 5.41) is 12.4. The third kappa shape index (κ3) is 4.92. The van der Waals surface area contributed by atoms with Crippen LogP contribution in [-0.2, 0) is 0 Å². The average molecular weight is 492 g/mol. The molecular formula is C24H21F5N4O2. The minimum absolute atomic E-state index is 0.00573. The second-order valence-electron chi connectivity index (χ2n) is 8.37. The lowest BCUT2D eigenvalue weighted by molar-refractivity contribution is -0.149. The number of aromatic nitrogens is 2. The van der Waals surface area contributed by atoms with Crippen molar-refractivity contribution >= 4 is 16.8 Å². The summed E-state index contributed by atoms with van der Waals surface area (Å²) in [5.74, 6) is -0.974. The van der Waals surface area contributed by atoms with Gasteiger partial charge in [-0.3, -0.25) is 9.78 Å². The number of carbonyl (C=O) groups excluding carboxylic acids is 1. The Bertz CT molecular complexity index is 1270. The number of benzene rings is 1. The fraction of sp³-hybridized carbons (Fsp3) is 0.375. The second kappa shape index (κ2) is 9.52. The molecule has 0 radical (unpaired) electrons. The van der Waals surface area contributed by atoms with Gasteiger partial charge < -0.3 is 14.6 Å². The largest absolute Gasteiger partial charge is 0.435 e. The van der Waals surface area contributed by atoms with Gasteiger partial charge in [0, 0.05) is 23.7 Å². The third-order valence-corrected chi connectivity index (χ3v) is 6.11. The van der Waals surface area contributed by atoms with Gasteiger partial charge in [-0.2, -0.15) is 27.2 Å². The minimum Gasteiger partial charge on any atom is -0.435 e. The first-order valence-electron chi connectivity index (χ1n) is 11.0.